The van der Waals surface area contributed by atoms with Crippen LogP contribution in [-0.2, 0) is 14.2 Å². The molecule has 0 bridgehead atoms. The van der Waals surface area contributed by atoms with Crippen molar-refractivity contribution in [3.8, 4) is 17.2 Å². The van der Waals surface area contributed by atoms with Crippen molar-refractivity contribution in [2.45, 2.75) is 102 Å². The molecule has 2 spiro atoms. The molecule has 9 atom stereocenters. The molecule has 7 rings (SSSR count). The lowest BCUT2D eigenvalue weighted by Gasteiger charge is -2.58. The van der Waals surface area contributed by atoms with Crippen molar-refractivity contribution in [1.29, 1.82) is 0 Å². The third kappa shape index (κ3) is 6.78. The quantitative estimate of drug-likeness (QED) is 0.114. The SMILES string of the molecule is CC(=O)c1c(C)c(O)c2cc(C(=O)O)cc(O[C@@H]3O[C@H](CO)[C@]4(CC[C@@H]5CC6(CCCC6)C[C@H]6COC[C@](CCO)(CSSCO4)[C@H]56)[C@H](O)[C@H]3O)c2c1O. The highest BCUT2D eigenvalue weighted by atomic mass is 33.1. The van der Waals surface area contributed by atoms with Gasteiger partial charge in [0.05, 0.1) is 29.7 Å². The molecule has 0 aromatic heterocycles. The number of carbonyl (C=O) groups excluding carboxylic acids is 1. The summed E-state index contributed by atoms with van der Waals surface area (Å²) in [5.41, 5.74) is -2.05. The van der Waals surface area contributed by atoms with Crippen LogP contribution >= 0.6 is 21.6 Å². The predicted octanol–water partition coefficient (Wildman–Crippen LogP) is 4.77. The molecule has 13 nitrogen and oxygen atoms in total. The molecule has 2 aromatic carbocycles. The Morgan fingerprint density at radius 3 is 2.44 bits per heavy atom. The highest BCUT2D eigenvalue weighted by Crippen LogP contribution is 2.62. The normalized spacial score (nSPS) is 35.4. The van der Waals surface area contributed by atoms with Gasteiger partial charge in [0, 0.05) is 35.3 Å². The Labute approximate surface area is 322 Å². The van der Waals surface area contributed by atoms with Crippen molar-refractivity contribution in [2.24, 2.45) is 28.6 Å². The number of hydrogen-bond donors (Lipinski definition) is 7. The lowest BCUT2D eigenvalue weighted by atomic mass is 9.51. The van der Waals surface area contributed by atoms with Crippen molar-refractivity contribution in [3.05, 3.63) is 28.8 Å². The molecule has 0 radical (unpaired) electrons. The molecule has 3 aliphatic heterocycles. The summed E-state index contributed by atoms with van der Waals surface area (Å²) in [6.07, 6.45) is 2.01. The lowest BCUT2D eigenvalue weighted by Crippen LogP contribution is -2.69. The molecule has 2 aromatic rings. The molecule has 3 saturated heterocycles. The number of aliphatic hydroxyl groups is 4. The molecule has 0 unspecified atom stereocenters. The number of ether oxygens (including phenoxy) is 4. The van der Waals surface area contributed by atoms with Crippen LogP contribution in [-0.4, -0.2) is 116 Å². The Hall–Kier alpha value is -2.34. The highest BCUT2D eigenvalue weighted by Gasteiger charge is 2.60. The molecule has 3 heterocycles. The topological polar surface area (TPSA) is 213 Å². The number of phenolic OH excluding ortho intramolecular Hbond substituents is 2. The van der Waals surface area contributed by atoms with Gasteiger partial charge in [0.15, 0.2) is 5.78 Å². The number of benzene rings is 2. The van der Waals surface area contributed by atoms with E-state index in [9.17, 15) is 45.3 Å². The minimum atomic E-state index is -1.77. The minimum Gasteiger partial charge on any atom is -0.507 e. The van der Waals surface area contributed by atoms with Gasteiger partial charge < -0.3 is 54.7 Å². The van der Waals surface area contributed by atoms with Gasteiger partial charge in [-0.1, -0.05) is 34.4 Å². The summed E-state index contributed by atoms with van der Waals surface area (Å²) in [7, 11) is 3.08. The van der Waals surface area contributed by atoms with Crippen LogP contribution < -0.4 is 4.74 Å². The summed E-state index contributed by atoms with van der Waals surface area (Å²) in [5, 5.41) is 77.0. The summed E-state index contributed by atoms with van der Waals surface area (Å²) in [4.78, 5) is 24.7. The first kappa shape index (κ1) is 39.9. The number of ketones is 1. The first-order valence-corrected chi connectivity index (χ1v) is 21.4. The van der Waals surface area contributed by atoms with E-state index < -0.39 is 60.1 Å². The van der Waals surface area contributed by atoms with Gasteiger partial charge in [-0.3, -0.25) is 4.79 Å². The van der Waals surface area contributed by atoms with Crippen LogP contribution in [0.2, 0.25) is 0 Å². The van der Waals surface area contributed by atoms with Crippen LogP contribution in [0.3, 0.4) is 0 Å². The molecular weight excluding hydrogens is 741 g/mol. The van der Waals surface area contributed by atoms with E-state index in [2.05, 4.69) is 0 Å². The van der Waals surface area contributed by atoms with Crippen LogP contribution in [0.15, 0.2) is 12.1 Å². The zero-order valence-corrected chi connectivity index (χ0v) is 32.3. The molecule has 7 N–H and O–H groups in total. The number of phenols is 2. The number of rotatable bonds is 7. The summed E-state index contributed by atoms with van der Waals surface area (Å²) >= 11 is 0. The standard InChI is InChI=1S/C39H52O13S2/c1-20-28(21(2)42)32(44)29-25(31(20)43)11-23(35(47)48)12-26(29)51-36-33(45)34(46)39(27(15-41)52-36)8-5-22-13-37(6-3-4-7-37)14-24-16-49-17-38(9-10-40,30(22)24)18-53-54-19-50-39/h11-12,22,24,27,30,33-34,36,40-41,43-46H,3-10,13-19H2,1-2H3,(H,47,48)/t22-,24+,27-,30-,33-,34-,36-,38-,39-/m1/s1. The number of Topliss-reactive ketones (excluding diaryl/α,β-unsaturated/α-hetero) is 1. The highest BCUT2D eigenvalue weighted by molar-refractivity contribution is 8.76. The Morgan fingerprint density at radius 2 is 1.76 bits per heavy atom. The smallest absolute Gasteiger partial charge is 0.335 e. The van der Waals surface area contributed by atoms with Gasteiger partial charge in [-0.15, -0.1) is 0 Å². The first-order valence-electron chi connectivity index (χ1n) is 18.9. The Balaban J connectivity index is 1.24. The summed E-state index contributed by atoms with van der Waals surface area (Å²) in [5.74, 6) is -1.58. The summed E-state index contributed by atoms with van der Waals surface area (Å²) in [6.45, 7) is 3.32. The number of hydrogen-bond acceptors (Lipinski definition) is 14. The van der Waals surface area contributed by atoms with Crippen molar-refractivity contribution in [2.75, 3.05) is 38.1 Å². The number of fused-ring (bicyclic) bond motifs is 1. The minimum absolute atomic E-state index is 0.0464. The fourth-order valence-electron chi connectivity index (χ4n) is 11.0. The Kier molecular flexibility index (Phi) is 11.5. The third-order valence-electron chi connectivity index (χ3n) is 13.3. The molecule has 0 amide bonds. The van der Waals surface area contributed by atoms with Crippen molar-refractivity contribution in [1.82, 2.24) is 0 Å². The zero-order valence-electron chi connectivity index (χ0n) is 30.7. The predicted molar refractivity (Wildman–Crippen MR) is 201 cm³/mol. The molecule has 5 aliphatic rings. The number of aliphatic hydroxyl groups excluding tert-OH is 4. The first-order chi connectivity index (χ1) is 25.8. The van der Waals surface area contributed by atoms with Gasteiger partial charge in [-0.2, -0.15) is 0 Å². The number of carboxylic acids is 1. The van der Waals surface area contributed by atoms with E-state index >= 15 is 0 Å². The fraction of sp³-hybridized carbons (Fsp3) is 0.692. The number of aromatic carboxylic acids is 1. The third-order valence-corrected chi connectivity index (χ3v) is 15.6. The monoisotopic (exact) mass is 792 g/mol. The number of carbonyl (C=O) groups is 2. The van der Waals surface area contributed by atoms with Gasteiger partial charge in [0.1, 0.15) is 47.1 Å². The van der Waals surface area contributed by atoms with E-state index in [1.165, 1.54) is 37.5 Å². The van der Waals surface area contributed by atoms with Crippen LogP contribution in [0.5, 0.6) is 17.2 Å². The molecular formula is C39H52O13S2. The maximum absolute atomic E-state index is 12.5. The number of carboxylic acid groups (broad SMARTS) is 1. The molecule has 5 fully saturated rings. The lowest BCUT2D eigenvalue weighted by molar-refractivity contribution is -0.323. The summed E-state index contributed by atoms with van der Waals surface area (Å²) in [6, 6.07) is 2.21. The van der Waals surface area contributed by atoms with E-state index in [1.54, 1.807) is 10.8 Å². The van der Waals surface area contributed by atoms with Crippen LogP contribution in [0.1, 0.15) is 91.0 Å². The van der Waals surface area contributed by atoms with Crippen molar-refractivity contribution in [3.63, 3.8) is 0 Å². The van der Waals surface area contributed by atoms with E-state index in [-0.39, 0.29) is 74.8 Å². The Bertz CT molecular complexity index is 1740. The molecule has 2 saturated carbocycles. The second kappa shape index (κ2) is 15.5. The largest absolute Gasteiger partial charge is 0.507 e. The van der Waals surface area contributed by atoms with Crippen molar-refractivity contribution < 1.29 is 64.3 Å². The maximum Gasteiger partial charge on any atom is 0.335 e. The second-order valence-corrected chi connectivity index (χ2v) is 18.7. The molecule has 54 heavy (non-hydrogen) atoms. The van der Waals surface area contributed by atoms with E-state index in [1.807, 2.05) is 0 Å². The molecule has 15 heteroatoms. The van der Waals surface area contributed by atoms with Gasteiger partial charge in [0.2, 0.25) is 6.29 Å². The van der Waals surface area contributed by atoms with Crippen LogP contribution in [0.4, 0.5) is 0 Å². The summed E-state index contributed by atoms with van der Waals surface area (Å²) < 4.78 is 25.2. The fourth-order valence-corrected chi connectivity index (χ4v) is 13.4. The van der Waals surface area contributed by atoms with E-state index in [0.717, 1.165) is 43.6 Å². The van der Waals surface area contributed by atoms with Gasteiger partial charge in [-0.25, -0.2) is 4.79 Å². The van der Waals surface area contributed by atoms with Crippen LogP contribution in [0, 0.1) is 35.5 Å². The number of aromatic hydroxyl groups is 2. The van der Waals surface area contributed by atoms with Crippen LogP contribution in [0.25, 0.3) is 10.8 Å². The average molecular weight is 793 g/mol. The van der Waals surface area contributed by atoms with E-state index in [0.29, 0.717) is 32.0 Å². The van der Waals surface area contributed by atoms with Crippen molar-refractivity contribution >= 4 is 44.1 Å². The molecule has 2 aliphatic carbocycles. The second-order valence-electron chi connectivity index (χ2n) is 16.3. The van der Waals surface area contributed by atoms with Gasteiger partial charge in [0.25, 0.3) is 0 Å². The zero-order chi connectivity index (χ0) is 38.6. The maximum atomic E-state index is 12.5. The van der Waals surface area contributed by atoms with Gasteiger partial charge >= 0.3 is 5.97 Å². The Morgan fingerprint density at radius 1 is 1.02 bits per heavy atom. The van der Waals surface area contributed by atoms with Gasteiger partial charge in [-0.05, 0) is 94.1 Å². The average Bonchev–Trinajstić information content (AvgIpc) is 3.57. The molecule has 298 valence electrons. The van der Waals surface area contributed by atoms with E-state index in [4.69, 9.17) is 18.9 Å².